The molecule has 16 heavy (non-hydrogen) atoms. The smallest absolute Gasteiger partial charge is 0.133 e. The van der Waals surface area contributed by atoms with Crippen LogP contribution in [0.4, 0.5) is 0 Å². The Morgan fingerprint density at radius 3 is 2.50 bits per heavy atom. The fraction of sp³-hybridized carbons (Fsp3) is 0.417. The molecule has 86 valence electrons. The van der Waals surface area contributed by atoms with Crippen molar-refractivity contribution in [2.45, 2.75) is 32.7 Å². The Kier molecular flexibility index (Phi) is 3.42. The monoisotopic (exact) mass is 252 g/mol. The summed E-state index contributed by atoms with van der Waals surface area (Å²) in [5, 5.41) is 3.18. The standard InChI is InChI=1S/C12H16N2S2/c1-7(2)10-11(8(3)13)16-12(14-10)9-5-4-6-15-9/h4-8H,13H2,1-3H3. The highest BCUT2D eigenvalue weighted by molar-refractivity contribution is 7.21. The SMILES string of the molecule is CC(C)c1nc(-c2cccs2)sc1C(C)N. The first-order valence-electron chi connectivity index (χ1n) is 5.39. The van der Waals surface area contributed by atoms with E-state index in [9.17, 15) is 0 Å². The average molecular weight is 252 g/mol. The zero-order valence-electron chi connectivity index (χ0n) is 9.73. The topological polar surface area (TPSA) is 38.9 Å². The molecule has 2 aromatic rings. The van der Waals surface area contributed by atoms with Crippen molar-refractivity contribution in [2.75, 3.05) is 0 Å². The predicted octanol–water partition coefficient (Wildman–Crippen LogP) is 4.01. The molecule has 0 aliphatic carbocycles. The van der Waals surface area contributed by atoms with Crippen LogP contribution < -0.4 is 5.73 Å². The van der Waals surface area contributed by atoms with Crippen LogP contribution >= 0.6 is 22.7 Å². The third-order valence-corrected chi connectivity index (χ3v) is 4.68. The van der Waals surface area contributed by atoms with E-state index in [2.05, 4.69) is 31.4 Å². The number of thiazole rings is 1. The Labute approximate surface area is 104 Å². The zero-order chi connectivity index (χ0) is 11.7. The molecule has 2 heterocycles. The van der Waals surface area contributed by atoms with Gasteiger partial charge in [-0.3, -0.25) is 0 Å². The third-order valence-electron chi connectivity index (χ3n) is 2.37. The van der Waals surface area contributed by atoms with E-state index in [0.717, 1.165) is 10.7 Å². The van der Waals surface area contributed by atoms with Crippen molar-refractivity contribution in [1.29, 1.82) is 0 Å². The van der Waals surface area contributed by atoms with Gasteiger partial charge in [-0.25, -0.2) is 4.98 Å². The molecule has 0 bridgehead atoms. The fourth-order valence-electron chi connectivity index (χ4n) is 1.59. The molecular weight excluding hydrogens is 236 g/mol. The van der Waals surface area contributed by atoms with Crippen molar-refractivity contribution < 1.29 is 0 Å². The maximum Gasteiger partial charge on any atom is 0.133 e. The van der Waals surface area contributed by atoms with Gasteiger partial charge in [0, 0.05) is 10.9 Å². The summed E-state index contributed by atoms with van der Waals surface area (Å²) in [6.45, 7) is 6.36. The van der Waals surface area contributed by atoms with E-state index in [-0.39, 0.29) is 6.04 Å². The van der Waals surface area contributed by atoms with Gasteiger partial charge in [-0.15, -0.1) is 22.7 Å². The highest BCUT2D eigenvalue weighted by atomic mass is 32.1. The van der Waals surface area contributed by atoms with Crippen molar-refractivity contribution >= 4 is 22.7 Å². The minimum atomic E-state index is 0.0728. The van der Waals surface area contributed by atoms with E-state index >= 15 is 0 Å². The summed E-state index contributed by atoms with van der Waals surface area (Å²) in [5.74, 6) is 0.436. The molecule has 4 heteroatoms. The predicted molar refractivity (Wildman–Crippen MR) is 72.1 cm³/mol. The van der Waals surface area contributed by atoms with Gasteiger partial charge in [0.15, 0.2) is 0 Å². The van der Waals surface area contributed by atoms with Crippen LogP contribution in [0.2, 0.25) is 0 Å². The minimum Gasteiger partial charge on any atom is -0.323 e. The van der Waals surface area contributed by atoms with Crippen LogP contribution in [0.5, 0.6) is 0 Å². The fourth-order valence-corrected chi connectivity index (χ4v) is 3.56. The number of aromatic nitrogens is 1. The average Bonchev–Trinajstić information content (AvgIpc) is 2.86. The minimum absolute atomic E-state index is 0.0728. The van der Waals surface area contributed by atoms with E-state index in [0.29, 0.717) is 5.92 Å². The number of thiophene rings is 1. The summed E-state index contributed by atoms with van der Waals surface area (Å²) in [6, 6.07) is 4.24. The summed E-state index contributed by atoms with van der Waals surface area (Å²) in [6.07, 6.45) is 0. The summed E-state index contributed by atoms with van der Waals surface area (Å²) < 4.78 is 0. The van der Waals surface area contributed by atoms with E-state index in [4.69, 9.17) is 10.7 Å². The second-order valence-electron chi connectivity index (χ2n) is 4.19. The molecule has 0 spiro atoms. The van der Waals surface area contributed by atoms with Crippen LogP contribution in [0.1, 0.15) is 43.3 Å². The molecule has 2 N–H and O–H groups in total. The molecule has 1 atom stereocenters. The Hall–Kier alpha value is -0.710. The Morgan fingerprint density at radius 1 is 1.31 bits per heavy atom. The lowest BCUT2D eigenvalue weighted by Gasteiger charge is -2.07. The van der Waals surface area contributed by atoms with Gasteiger partial charge in [0.05, 0.1) is 10.6 Å². The molecule has 0 radical (unpaired) electrons. The molecule has 1 unspecified atom stereocenters. The molecule has 0 amide bonds. The Bertz CT molecular complexity index is 430. The lowest BCUT2D eigenvalue weighted by atomic mass is 10.1. The molecule has 0 aliphatic rings. The van der Waals surface area contributed by atoms with Crippen molar-refractivity contribution in [3.8, 4) is 9.88 Å². The third kappa shape index (κ3) is 2.19. The number of hydrogen-bond acceptors (Lipinski definition) is 4. The molecule has 2 nitrogen and oxygen atoms in total. The van der Waals surface area contributed by atoms with Gasteiger partial charge in [-0.1, -0.05) is 19.9 Å². The van der Waals surface area contributed by atoms with Crippen molar-refractivity contribution in [1.82, 2.24) is 4.98 Å². The van der Waals surface area contributed by atoms with Crippen LogP contribution in [-0.4, -0.2) is 4.98 Å². The highest BCUT2D eigenvalue weighted by Gasteiger charge is 2.17. The second kappa shape index (κ2) is 4.65. The number of nitrogens with two attached hydrogens (primary N) is 1. The maximum absolute atomic E-state index is 5.99. The van der Waals surface area contributed by atoms with Gasteiger partial charge in [0.2, 0.25) is 0 Å². The van der Waals surface area contributed by atoms with Gasteiger partial charge in [-0.05, 0) is 24.3 Å². The van der Waals surface area contributed by atoms with E-state index in [1.54, 1.807) is 22.7 Å². The van der Waals surface area contributed by atoms with E-state index < -0.39 is 0 Å². The van der Waals surface area contributed by atoms with Gasteiger partial charge in [-0.2, -0.15) is 0 Å². The second-order valence-corrected chi connectivity index (χ2v) is 6.17. The molecule has 0 saturated heterocycles. The van der Waals surface area contributed by atoms with Crippen LogP contribution in [0.25, 0.3) is 9.88 Å². The van der Waals surface area contributed by atoms with E-state index in [1.165, 1.54) is 9.75 Å². The normalized spacial score (nSPS) is 13.3. The lowest BCUT2D eigenvalue weighted by Crippen LogP contribution is -2.06. The molecule has 0 fully saturated rings. The summed E-state index contributed by atoms with van der Waals surface area (Å²) in [7, 11) is 0. The van der Waals surface area contributed by atoms with Crippen molar-refractivity contribution in [3.63, 3.8) is 0 Å². The first kappa shape index (κ1) is 11.8. The van der Waals surface area contributed by atoms with Gasteiger partial charge >= 0.3 is 0 Å². The first-order chi connectivity index (χ1) is 7.59. The largest absolute Gasteiger partial charge is 0.323 e. The molecule has 0 aliphatic heterocycles. The lowest BCUT2D eigenvalue weighted by molar-refractivity contribution is 0.763. The van der Waals surface area contributed by atoms with Crippen LogP contribution in [0.3, 0.4) is 0 Å². The van der Waals surface area contributed by atoms with E-state index in [1.807, 2.05) is 6.92 Å². The summed E-state index contributed by atoms with van der Waals surface area (Å²) >= 11 is 3.46. The van der Waals surface area contributed by atoms with Gasteiger partial charge < -0.3 is 5.73 Å². The molecule has 0 saturated carbocycles. The number of hydrogen-bond donors (Lipinski definition) is 1. The number of nitrogens with zero attached hydrogens (tertiary/aromatic N) is 1. The molecular formula is C12H16N2S2. The van der Waals surface area contributed by atoms with Crippen molar-refractivity contribution in [3.05, 3.63) is 28.1 Å². The molecule has 2 aromatic heterocycles. The Balaban J connectivity index is 2.47. The maximum atomic E-state index is 5.99. The Morgan fingerprint density at radius 2 is 2.06 bits per heavy atom. The van der Waals surface area contributed by atoms with Crippen LogP contribution in [0.15, 0.2) is 17.5 Å². The van der Waals surface area contributed by atoms with Crippen LogP contribution in [-0.2, 0) is 0 Å². The summed E-state index contributed by atoms with van der Waals surface area (Å²) in [4.78, 5) is 7.18. The first-order valence-corrected chi connectivity index (χ1v) is 7.09. The van der Waals surface area contributed by atoms with Crippen LogP contribution in [0, 0.1) is 0 Å². The van der Waals surface area contributed by atoms with Gasteiger partial charge in [0.1, 0.15) is 5.01 Å². The molecule has 0 aromatic carbocycles. The molecule has 2 rings (SSSR count). The van der Waals surface area contributed by atoms with Gasteiger partial charge in [0.25, 0.3) is 0 Å². The quantitative estimate of drug-likeness (QED) is 0.896. The van der Waals surface area contributed by atoms with Crippen molar-refractivity contribution in [2.24, 2.45) is 5.73 Å². The highest BCUT2D eigenvalue weighted by Crippen LogP contribution is 2.36. The summed E-state index contributed by atoms with van der Waals surface area (Å²) in [5.41, 5.74) is 7.15. The zero-order valence-corrected chi connectivity index (χ0v) is 11.4. The number of rotatable bonds is 3.